The second-order valence-electron chi connectivity index (χ2n) is 7.54. The van der Waals surface area contributed by atoms with Crippen LogP contribution in [0.2, 0.25) is 0 Å². The van der Waals surface area contributed by atoms with Gasteiger partial charge in [-0.05, 0) is 53.1 Å². The Labute approximate surface area is 178 Å². The van der Waals surface area contributed by atoms with Crippen LogP contribution in [-0.4, -0.2) is 16.0 Å². The van der Waals surface area contributed by atoms with Crippen molar-refractivity contribution in [1.29, 1.82) is 0 Å². The Kier molecular flexibility index (Phi) is 4.60. The van der Waals surface area contributed by atoms with Gasteiger partial charge in [0.1, 0.15) is 10.8 Å². The van der Waals surface area contributed by atoms with Crippen molar-refractivity contribution in [2.45, 2.75) is 19.3 Å². The van der Waals surface area contributed by atoms with Gasteiger partial charge in [0.15, 0.2) is 0 Å². The molecule has 2 heterocycles. The molecule has 0 fully saturated rings. The number of benzene rings is 3. The molecule has 1 aromatic heterocycles. The number of phenols is 1. The highest BCUT2D eigenvalue weighted by Crippen LogP contribution is 2.36. The summed E-state index contributed by atoms with van der Waals surface area (Å²) in [6.45, 7) is 2.14. The van der Waals surface area contributed by atoms with Crippen molar-refractivity contribution < 1.29 is 9.90 Å². The van der Waals surface area contributed by atoms with E-state index in [2.05, 4.69) is 35.4 Å². The van der Waals surface area contributed by atoms with Crippen molar-refractivity contribution in [3.8, 4) is 16.3 Å². The first kappa shape index (κ1) is 18.6. The molecule has 1 aliphatic heterocycles. The zero-order chi connectivity index (χ0) is 20.7. The lowest BCUT2D eigenvalue weighted by atomic mass is 9.89. The summed E-state index contributed by atoms with van der Waals surface area (Å²) in [7, 11) is 0. The molecule has 4 aromatic rings. The number of thiazole rings is 1. The summed E-state index contributed by atoms with van der Waals surface area (Å²) in [6, 6.07) is 21.2. The summed E-state index contributed by atoms with van der Waals surface area (Å²) in [5, 5.41) is 13.5. The third-order valence-electron chi connectivity index (χ3n) is 5.55. The molecule has 0 saturated heterocycles. The maximum atomic E-state index is 12.7. The number of rotatable bonds is 3. The van der Waals surface area contributed by atoms with E-state index >= 15 is 0 Å². The number of carbonyl (C=O) groups is 1. The van der Waals surface area contributed by atoms with Crippen molar-refractivity contribution in [3.05, 3.63) is 100 Å². The number of anilines is 1. The minimum atomic E-state index is -0.0549. The molecule has 0 spiro atoms. The van der Waals surface area contributed by atoms with Crippen LogP contribution in [-0.2, 0) is 6.42 Å². The maximum absolute atomic E-state index is 12.7. The van der Waals surface area contributed by atoms with E-state index in [0.29, 0.717) is 0 Å². The van der Waals surface area contributed by atoms with E-state index in [9.17, 15) is 9.90 Å². The zero-order valence-corrected chi connectivity index (χ0v) is 17.2. The van der Waals surface area contributed by atoms with Crippen LogP contribution >= 0.6 is 11.3 Å². The fourth-order valence-electron chi connectivity index (χ4n) is 3.97. The fourth-order valence-corrected chi connectivity index (χ4v) is 4.92. The summed E-state index contributed by atoms with van der Waals surface area (Å²) in [4.78, 5) is 18.4. The molecule has 0 aliphatic carbocycles. The molecule has 0 radical (unpaired) electrons. The number of phenolic OH excluding ortho intramolecular Hbond substituents is 1. The number of hydrogen-bond donors (Lipinski definition) is 2. The summed E-state index contributed by atoms with van der Waals surface area (Å²) >= 11 is 1.64. The van der Waals surface area contributed by atoms with Gasteiger partial charge in [-0.15, -0.1) is 11.3 Å². The van der Waals surface area contributed by atoms with Crippen LogP contribution in [0.15, 0.2) is 72.9 Å². The summed E-state index contributed by atoms with van der Waals surface area (Å²) in [5.41, 5.74) is 5.93. The van der Waals surface area contributed by atoms with Gasteiger partial charge in [0.05, 0.1) is 0 Å². The van der Waals surface area contributed by atoms with Crippen molar-refractivity contribution in [2.75, 3.05) is 5.32 Å². The standard InChI is InChI=1S/C25H20N2O2S/c1-15-20-4-2-3-5-22(20)24(29)27-23-13-16(6-11-21(15)23)12-19-14-26-25(30-19)17-7-9-18(28)10-8-17/h2-11,13-15,28H,12H2,1H3,(H,27,29). The first-order chi connectivity index (χ1) is 14.6. The SMILES string of the molecule is CC1c2ccc(Cc3cnc(-c4ccc(O)cc4)s3)cc2NC(=O)c2ccccc21. The van der Waals surface area contributed by atoms with Gasteiger partial charge in [-0.25, -0.2) is 4.98 Å². The van der Waals surface area contributed by atoms with E-state index in [1.165, 1.54) is 0 Å². The van der Waals surface area contributed by atoms with Crippen LogP contribution in [0.1, 0.15) is 44.8 Å². The number of hydrogen-bond acceptors (Lipinski definition) is 4. The number of nitrogens with zero attached hydrogens (tertiary/aromatic N) is 1. The minimum Gasteiger partial charge on any atom is -0.508 e. The Balaban J connectivity index is 1.43. The quantitative estimate of drug-likeness (QED) is 0.445. The van der Waals surface area contributed by atoms with Crippen LogP contribution in [0.25, 0.3) is 10.6 Å². The highest BCUT2D eigenvalue weighted by atomic mass is 32.1. The Morgan fingerprint density at radius 1 is 1.03 bits per heavy atom. The van der Waals surface area contributed by atoms with Crippen LogP contribution in [0.4, 0.5) is 5.69 Å². The number of amides is 1. The molecular formula is C25H20N2O2S. The van der Waals surface area contributed by atoms with Gasteiger partial charge in [0.25, 0.3) is 5.91 Å². The first-order valence-corrected chi connectivity index (χ1v) is 10.7. The monoisotopic (exact) mass is 412 g/mol. The van der Waals surface area contributed by atoms with Gasteiger partial charge in [-0.2, -0.15) is 0 Å². The van der Waals surface area contributed by atoms with Crippen molar-refractivity contribution >= 4 is 22.9 Å². The number of carbonyl (C=O) groups excluding carboxylic acids is 1. The third-order valence-corrected chi connectivity index (χ3v) is 6.60. The molecule has 0 saturated carbocycles. The Morgan fingerprint density at radius 3 is 2.67 bits per heavy atom. The largest absolute Gasteiger partial charge is 0.508 e. The van der Waals surface area contributed by atoms with Gasteiger partial charge in [-0.3, -0.25) is 4.79 Å². The van der Waals surface area contributed by atoms with Gasteiger partial charge in [-0.1, -0.05) is 37.3 Å². The molecule has 0 bridgehead atoms. The zero-order valence-electron chi connectivity index (χ0n) is 16.4. The van der Waals surface area contributed by atoms with Gasteiger partial charge >= 0.3 is 0 Å². The minimum absolute atomic E-state index is 0.0549. The third kappa shape index (κ3) is 3.37. The fraction of sp³-hybridized carbons (Fsp3) is 0.120. The molecule has 1 aliphatic rings. The van der Waals surface area contributed by atoms with Gasteiger partial charge in [0.2, 0.25) is 0 Å². The molecule has 5 heteroatoms. The molecule has 1 atom stereocenters. The molecule has 1 unspecified atom stereocenters. The average Bonchev–Trinajstić information content (AvgIpc) is 3.18. The van der Waals surface area contributed by atoms with E-state index in [4.69, 9.17) is 0 Å². The number of aromatic hydroxyl groups is 1. The second kappa shape index (κ2) is 7.43. The van der Waals surface area contributed by atoms with E-state index < -0.39 is 0 Å². The molecule has 30 heavy (non-hydrogen) atoms. The van der Waals surface area contributed by atoms with E-state index in [1.54, 1.807) is 23.5 Å². The summed E-state index contributed by atoms with van der Waals surface area (Å²) < 4.78 is 0. The summed E-state index contributed by atoms with van der Waals surface area (Å²) in [5.74, 6) is 0.341. The van der Waals surface area contributed by atoms with Crippen LogP contribution in [0, 0.1) is 0 Å². The lowest BCUT2D eigenvalue weighted by Gasteiger charge is -2.15. The van der Waals surface area contributed by atoms with Crippen LogP contribution in [0.3, 0.4) is 0 Å². The predicted molar refractivity (Wildman–Crippen MR) is 120 cm³/mol. The number of nitrogens with one attached hydrogen (secondary N) is 1. The molecule has 5 rings (SSSR count). The van der Waals surface area contributed by atoms with Crippen LogP contribution < -0.4 is 5.32 Å². The molecule has 148 valence electrons. The Morgan fingerprint density at radius 2 is 1.83 bits per heavy atom. The first-order valence-electron chi connectivity index (χ1n) is 9.86. The second-order valence-corrected chi connectivity index (χ2v) is 8.66. The molecule has 3 aromatic carbocycles. The van der Waals surface area contributed by atoms with Gasteiger partial charge in [0, 0.05) is 40.2 Å². The van der Waals surface area contributed by atoms with Crippen molar-refractivity contribution in [1.82, 2.24) is 4.98 Å². The number of fused-ring (bicyclic) bond motifs is 2. The molecule has 4 nitrogen and oxygen atoms in total. The normalized spacial score (nSPS) is 15.1. The topological polar surface area (TPSA) is 62.2 Å². The van der Waals surface area contributed by atoms with Crippen LogP contribution in [0.5, 0.6) is 5.75 Å². The lowest BCUT2D eigenvalue weighted by molar-refractivity contribution is 0.102. The molecular weight excluding hydrogens is 392 g/mol. The average molecular weight is 413 g/mol. The van der Waals surface area contributed by atoms with E-state index in [1.807, 2.05) is 42.6 Å². The Hall–Kier alpha value is -3.44. The smallest absolute Gasteiger partial charge is 0.255 e. The van der Waals surface area contributed by atoms with E-state index in [0.717, 1.165) is 49.8 Å². The molecule has 2 N–H and O–H groups in total. The number of aromatic nitrogens is 1. The molecule has 1 amide bonds. The van der Waals surface area contributed by atoms with Crippen molar-refractivity contribution in [2.24, 2.45) is 0 Å². The highest BCUT2D eigenvalue weighted by Gasteiger charge is 2.24. The highest BCUT2D eigenvalue weighted by molar-refractivity contribution is 7.15. The predicted octanol–water partition coefficient (Wildman–Crippen LogP) is 5.82. The Bertz CT molecular complexity index is 1240. The maximum Gasteiger partial charge on any atom is 0.255 e. The van der Waals surface area contributed by atoms with E-state index in [-0.39, 0.29) is 17.6 Å². The summed E-state index contributed by atoms with van der Waals surface area (Å²) in [6.07, 6.45) is 2.65. The van der Waals surface area contributed by atoms with Gasteiger partial charge < -0.3 is 10.4 Å². The lowest BCUT2D eigenvalue weighted by Crippen LogP contribution is -2.11. The van der Waals surface area contributed by atoms with Crippen molar-refractivity contribution in [3.63, 3.8) is 0 Å².